The van der Waals surface area contributed by atoms with Gasteiger partial charge in [0.05, 0.1) is 5.75 Å². The minimum Gasteiger partial charge on any atom is -0.444 e. The molecule has 0 radical (unpaired) electrons. The molecule has 0 saturated carbocycles. The van der Waals surface area contributed by atoms with Gasteiger partial charge in [-0.3, -0.25) is 4.99 Å². The van der Waals surface area contributed by atoms with Gasteiger partial charge in [-0.15, -0.1) is 24.0 Å². The summed E-state index contributed by atoms with van der Waals surface area (Å²) in [6.07, 6.45) is 2.41. The van der Waals surface area contributed by atoms with E-state index in [2.05, 4.69) is 15.2 Å². The number of amides is 1. The summed E-state index contributed by atoms with van der Waals surface area (Å²) in [4.78, 5) is 20.7. The molecule has 0 atom stereocenters. The third-order valence-electron chi connectivity index (χ3n) is 5.49. The van der Waals surface area contributed by atoms with Gasteiger partial charge >= 0.3 is 6.09 Å². The van der Waals surface area contributed by atoms with Crippen LogP contribution in [0.5, 0.6) is 0 Å². The van der Waals surface area contributed by atoms with Crippen molar-refractivity contribution in [1.29, 1.82) is 0 Å². The number of nitrogens with zero attached hydrogens (tertiary/aromatic N) is 4. The number of carbonyl (C=O) groups excluding carboxylic acids is 1. The van der Waals surface area contributed by atoms with Crippen LogP contribution in [-0.4, -0.2) is 98.8 Å². The van der Waals surface area contributed by atoms with E-state index in [1.165, 1.54) is 0 Å². The number of aliphatic imine (C=N–C) groups is 1. The third kappa shape index (κ3) is 8.91. The SMILES string of the molecule is CCN(CC1CCN(C(=NC)NCCN2CCCS2(=O)=O)CC1)C(=O)OC(C)(C)C.I. The van der Waals surface area contributed by atoms with E-state index in [1.54, 1.807) is 16.3 Å². The Morgan fingerprint density at radius 2 is 1.87 bits per heavy atom. The predicted molar refractivity (Wildman–Crippen MR) is 135 cm³/mol. The van der Waals surface area contributed by atoms with Gasteiger partial charge in [0, 0.05) is 52.9 Å². The van der Waals surface area contributed by atoms with Crippen molar-refractivity contribution in [1.82, 2.24) is 19.4 Å². The van der Waals surface area contributed by atoms with Crippen LogP contribution in [0.15, 0.2) is 4.99 Å². The van der Waals surface area contributed by atoms with E-state index in [0.29, 0.717) is 45.1 Å². The quantitative estimate of drug-likeness (QED) is 0.298. The molecule has 0 aromatic rings. The molecule has 0 aromatic heterocycles. The second-order valence-corrected chi connectivity index (χ2v) is 11.1. The van der Waals surface area contributed by atoms with Gasteiger partial charge in [0.2, 0.25) is 10.0 Å². The number of guanidine groups is 1. The minimum absolute atomic E-state index is 0. The summed E-state index contributed by atoms with van der Waals surface area (Å²) in [5.41, 5.74) is -0.486. The lowest BCUT2D eigenvalue weighted by molar-refractivity contribution is 0.0214. The average molecular weight is 574 g/mol. The molecule has 1 amide bonds. The molecular formula is C20H40IN5O4S. The highest BCUT2D eigenvalue weighted by molar-refractivity contribution is 14.0. The van der Waals surface area contributed by atoms with Gasteiger partial charge in [0.1, 0.15) is 5.60 Å². The van der Waals surface area contributed by atoms with E-state index in [0.717, 1.165) is 31.9 Å². The topological polar surface area (TPSA) is 94.5 Å². The van der Waals surface area contributed by atoms with E-state index in [1.807, 2.05) is 27.7 Å². The summed E-state index contributed by atoms with van der Waals surface area (Å²) >= 11 is 0. The Hall–Kier alpha value is -0.820. The molecule has 2 fully saturated rings. The molecule has 31 heavy (non-hydrogen) atoms. The second kappa shape index (κ2) is 12.4. The number of carbonyl (C=O) groups is 1. The molecule has 0 aromatic carbocycles. The molecule has 0 unspecified atom stereocenters. The number of nitrogens with one attached hydrogen (secondary N) is 1. The standard InChI is InChI=1S/C20H39N5O4S.HI/c1-6-23(19(26)29-20(2,3)4)16-17-8-12-24(13-9-17)18(21-5)22-10-14-25-11-7-15-30(25,27)28;/h17H,6-16H2,1-5H3,(H,21,22);1H. The molecule has 1 N–H and O–H groups in total. The monoisotopic (exact) mass is 573 g/mol. The number of likely N-dealkylation sites (tertiary alicyclic amines) is 1. The number of sulfonamides is 1. The van der Waals surface area contributed by atoms with Crippen LogP contribution in [0.1, 0.15) is 47.0 Å². The normalized spacial score (nSPS) is 20.3. The summed E-state index contributed by atoms with van der Waals surface area (Å²) < 4.78 is 30.9. The molecule has 0 aliphatic carbocycles. The number of rotatable bonds is 6. The molecule has 2 saturated heterocycles. The fourth-order valence-electron chi connectivity index (χ4n) is 3.87. The zero-order chi connectivity index (χ0) is 22.4. The smallest absolute Gasteiger partial charge is 0.410 e. The van der Waals surface area contributed by atoms with Crippen molar-refractivity contribution in [2.45, 2.75) is 52.6 Å². The zero-order valence-electron chi connectivity index (χ0n) is 19.6. The predicted octanol–water partition coefficient (Wildman–Crippen LogP) is 2.18. The number of hydrogen-bond acceptors (Lipinski definition) is 5. The van der Waals surface area contributed by atoms with Gasteiger partial charge in [0.15, 0.2) is 5.96 Å². The molecule has 2 heterocycles. The summed E-state index contributed by atoms with van der Waals surface area (Å²) in [6, 6.07) is 0. The van der Waals surface area contributed by atoms with E-state index < -0.39 is 15.6 Å². The van der Waals surface area contributed by atoms with Gasteiger partial charge in [-0.1, -0.05) is 0 Å². The van der Waals surface area contributed by atoms with Gasteiger partial charge < -0.3 is 19.9 Å². The molecule has 2 rings (SSSR count). The van der Waals surface area contributed by atoms with Crippen molar-refractivity contribution in [2.24, 2.45) is 10.9 Å². The maximum atomic E-state index is 12.4. The third-order valence-corrected chi connectivity index (χ3v) is 7.44. The van der Waals surface area contributed by atoms with Crippen molar-refractivity contribution in [2.75, 3.05) is 58.6 Å². The summed E-state index contributed by atoms with van der Waals surface area (Å²) in [6.45, 7) is 12.3. The van der Waals surface area contributed by atoms with E-state index >= 15 is 0 Å². The second-order valence-electron chi connectivity index (χ2n) is 8.99. The lowest BCUT2D eigenvalue weighted by atomic mass is 9.96. The van der Waals surface area contributed by atoms with Crippen LogP contribution in [0.3, 0.4) is 0 Å². The van der Waals surface area contributed by atoms with Crippen LogP contribution in [0.25, 0.3) is 0 Å². The summed E-state index contributed by atoms with van der Waals surface area (Å²) in [5, 5.41) is 3.30. The van der Waals surface area contributed by atoms with E-state index in [-0.39, 0.29) is 35.8 Å². The molecule has 0 bridgehead atoms. The number of ether oxygens (including phenoxy) is 1. The lowest BCUT2D eigenvalue weighted by Gasteiger charge is -2.36. The maximum Gasteiger partial charge on any atom is 0.410 e. The van der Waals surface area contributed by atoms with Crippen LogP contribution < -0.4 is 5.32 Å². The van der Waals surface area contributed by atoms with E-state index in [9.17, 15) is 13.2 Å². The average Bonchev–Trinajstić information content (AvgIpc) is 3.00. The fraction of sp³-hybridized carbons (Fsp3) is 0.900. The Balaban J connectivity index is 0.00000480. The Kier molecular flexibility index (Phi) is 11.3. The van der Waals surface area contributed by atoms with Crippen LogP contribution in [0.4, 0.5) is 4.79 Å². The summed E-state index contributed by atoms with van der Waals surface area (Å²) in [5.74, 6) is 1.50. The molecule has 9 nitrogen and oxygen atoms in total. The van der Waals surface area contributed by atoms with Crippen molar-refractivity contribution in [3.8, 4) is 0 Å². The number of piperidine rings is 1. The Morgan fingerprint density at radius 1 is 1.23 bits per heavy atom. The molecule has 11 heteroatoms. The largest absolute Gasteiger partial charge is 0.444 e. The Morgan fingerprint density at radius 3 is 2.35 bits per heavy atom. The van der Waals surface area contributed by atoms with Crippen LogP contribution in [0, 0.1) is 5.92 Å². The fourth-order valence-corrected chi connectivity index (χ4v) is 5.39. The molecular weight excluding hydrogens is 533 g/mol. The van der Waals surface area contributed by atoms with Crippen LogP contribution in [-0.2, 0) is 14.8 Å². The molecule has 2 aliphatic rings. The molecule has 182 valence electrons. The van der Waals surface area contributed by atoms with Gasteiger partial charge in [-0.2, -0.15) is 0 Å². The maximum absolute atomic E-state index is 12.4. The zero-order valence-corrected chi connectivity index (χ0v) is 22.7. The number of halogens is 1. The lowest BCUT2D eigenvalue weighted by Crippen LogP contribution is -2.49. The summed E-state index contributed by atoms with van der Waals surface area (Å²) in [7, 11) is -1.31. The number of hydrogen-bond donors (Lipinski definition) is 1. The highest BCUT2D eigenvalue weighted by atomic mass is 127. The van der Waals surface area contributed by atoms with Crippen molar-refractivity contribution in [3.05, 3.63) is 0 Å². The Bertz CT molecular complexity index is 703. The Labute approximate surface area is 205 Å². The first-order valence-electron chi connectivity index (χ1n) is 11.0. The minimum atomic E-state index is -3.06. The highest BCUT2D eigenvalue weighted by Crippen LogP contribution is 2.20. The van der Waals surface area contributed by atoms with Crippen LogP contribution >= 0.6 is 24.0 Å². The molecule has 0 spiro atoms. The van der Waals surface area contributed by atoms with Crippen molar-refractivity contribution in [3.63, 3.8) is 0 Å². The highest BCUT2D eigenvalue weighted by Gasteiger charge is 2.29. The first-order chi connectivity index (χ1) is 14.1. The van der Waals surface area contributed by atoms with Crippen molar-refractivity contribution < 1.29 is 17.9 Å². The van der Waals surface area contributed by atoms with E-state index in [4.69, 9.17) is 4.74 Å². The van der Waals surface area contributed by atoms with Crippen LogP contribution in [0.2, 0.25) is 0 Å². The first-order valence-corrected chi connectivity index (χ1v) is 12.6. The van der Waals surface area contributed by atoms with Gasteiger partial charge in [-0.05, 0) is 52.9 Å². The van der Waals surface area contributed by atoms with Crippen molar-refractivity contribution >= 4 is 46.1 Å². The molecule has 2 aliphatic heterocycles. The van der Waals surface area contributed by atoms with Gasteiger partial charge in [0.25, 0.3) is 0 Å². The van der Waals surface area contributed by atoms with Gasteiger partial charge in [-0.25, -0.2) is 17.5 Å². The first kappa shape index (κ1) is 28.2.